The van der Waals surface area contributed by atoms with Crippen LogP contribution in [-0.2, 0) is 23.7 Å². The van der Waals surface area contributed by atoms with Crippen molar-refractivity contribution < 1.29 is 33.9 Å². The fourth-order valence-electron chi connectivity index (χ4n) is 2.36. The molecule has 0 unspecified atom stereocenters. The second kappa shape index (κ2) is 33.1. The predicted octanol–water partition coefficient (Wildman–Crippen LogP) is 3.37. The molecule has 0 aliphatic heterocycles. The Morgan fingerprint density at radius 3 is 1.20 bits per heavy atom. The molecule has 0 bridgehead atoms. The van der Waals surface area contributed by atoms with Gasteiger partial charge in [-0.1, -0.05) is 51.5 Å². The lowest BCUT2D eigenvalue weighted by Gasteiger charge is -2.07. The molecule has 0 fully saturated rings. The molecule has 0 saturated carbocycles. The zero-order chi connectivity index (χ0) is 22.4. The van der Waals surface area contributed by atoms with E-state index in [2.05, 4.69) is 13.5 Å². The average molecular weight is 437 g/mol. The van der Waals surface area contributed by atoms with Gasteiger partial charge in [-0.25, -0.2) is 0 Å². The number of aliphatic hydroxyl groups excluding tert-OH is 2. The van der Waals surface area contributed by atoms with Crippen LogP contribution in [0, 0.1) is 0 Å². The maximum Gasteiger partial charge on any atom is 0.0701 e. The summed E-state index contributed by atoms with van der Waals surface area (Å²) >= 11 is 0. The highest BCUT2D eigenvalue weighted by Gasteiger charge is 1.93. The van der Waals surface area contributed by atoms with Gasteiger partial charge in [-0.05, 0) is 12.8 Å². The van der Waals surface area contributed by atoms with Crippen molar-refractivity contribution >= 4 is 0 Å². The summed E-state index contributed by atoms with van der Waals surface area (Å²) in [6, 6.07) is 0. The Hall–Kier alpha value is -0.540. The zero-order valence-electron chi connectivity index (χ0n) is 19.4. The van der Waals surface area contributed by atoms with Gasteiger partial charge < -0.3 is 33.9 Å². The van der Waals surface area contributed by atoms with E-state index in [4.69, 9.17) is 33.9 Å². The number of hydrogen-bond acceptors (Lipinski definition) is 7. The molecular weight excluding hydrogens is 388 g/mol. The van der Waals surface area contributed by atoms with E-state index in [1.54, 1.807) is 0 Å². The second-order valence-corrected chi connectivity index (χ2v) is 6.71. The van der Waals surface area contributed by atoms with Crippen LogP contribution in [0.4, 0.5) is 0 Å². The molecule has 30 heavy (non-hydrogen) atoms. The van der Waals surface area contributed by atoms with Crippen molar-refractivity contribution in [3.63, 3.8) is 0 Å². The van der Waals surface area contributed by atoms with Gasteiger partial charge in [0.1, 0.15) is 0 Å². The smallest absolute Gasteiger partial charge is 0.0701 e. The highest BCUT2D eigenvalue weighted by molar-refractivity contribution is 4.65. The van der Waals surface area contributed by atoms with E-state index in [1.807, 2.05) is 6.08 Å². The van der Waals surface area contributed by atoms with Crippen molar-refractivity contribution in [1.29, 1.82) is 0 Å². The molecule has 0 saturated heterocycles. The first-order valence-electron chi connectivity index (χ1n) is 11.5. The van der Waals surface area contributed by atoms with Crippen LogP contribution in [0.1, 0.15) is 58.3 Å². The van der Waals surface area contributed by atoms with Crippen LogP contribution in [0.5, 0.6) is 0 Å². The maximum absolute atomic E-state index is 8.45. The number of hydrogen-bond donors (Lipinski definition) is 2. The number of aliphatic hydroxyl groups is 2. The molecule has 7 heteroatoms. The third-order valence-corrected chi connectivity index (χ3v) is 3.97. The Morgan fingerprint density at radius 1 is 0.533 bits per heavy atom. The van der Waals surface area contributed by atoms with Crippen molar-refractivity contribution in [3.8, 4) is 0 Å². The number of ether oxygens (including phenoxy) is 5. The van der Waals surface area contributed by atoms with Crippen molar-refractivity contribution in [2.24, 2.45) is 0 Å². The SMILES string of the molecule is C=CCCCCCCCCC.OCCOCCOCCOCCOCCOCCO. The quantitative estimate of drug-likeness (QED) is 0.177. The molecule has 0 aromatic carbocycles. The summed E-state index contributed by atoms with van der Waals surface area (Å²) in [4.78, 5) is 0. The summed E-state index contributed by atoms with van der Waals surface area (Å²) in [5.74, 6) is 0. The molecule has 0 aliphatic rings. The maximum atomic E-state index is 8.45. The Bertz CT molecular complexity index is 275. The fraction of sp³-hybridized carbons (Fsp3) is 0.913. The minimum Gasteiger partial charge on any atom is -0.394 e. The number of rotatable bonds is 24. The Balaban J connectivity index is 0. The van der Waals surface area contributed by atoms with Crippen LogP contribution in [0.25, 0.3) is 0 Å². The molecule has 0 aromatic heterocycles. The van der Waals surface area contributed by atoms with Crippen LogP contribution in [0.3, 0.4) is 0 Å². The third kappa shape index (κ3) is 34.9. The monoisotopic (exact) mass is 436 g/mol. The van der Waals surface area contributed by atoms with Gasteiger partial charge >= 0.3 is 0 Å². The molecule has 0 aliphatic carbocycles. The highest BCUT2D eigenvalue weighted by atomic mass is 16.6. The van der Waals surface area contributed by atoms with Crippen molar-refractivity contribution in [2.45, 2.75) is 58.3 Å². The van der Waals surface area contributed by atoms with E-state index < -0.39 is 0 Å². The van der Waals surface area contributed by atoms with Gasteiger partial charge in [0, 0.05) is 0 Å². The molecule has 0 atom stereocenters. The van der Waals surface area contributed by atoms with Crippen LogP contribution < -0.4 is 0 Å². The lowest BCUT2D eigenvalue weighted by Crippen LogP contribution is -2.14. The summed E-state index contributed by atoms with van der Waals surface area (Å²) in [5, 5.41) is 16.9. The molecule has 0 radical (unpaired) electrons. The summed E-state index contributed by atoms with van der Waals surface area (Å²) in [7, 11) is 0. The van der Waals surface area contributed by atoms with Gasteiger partial charge in [0.2, 0.25) is 0 Å². The standard InChI is InChI=1S/C12H26O7.C11H22/c13-1-3-15-5-7-17-9-11-19-12-10-18-8-6-16-4-2-14;1-3-5-7-9-11-10-8-6-4-2/h13-14H,1-12H2;3H,1,4-11H2,2H3. The Kier molecular flexibility index (Phi) is 34.9. The molecular formula is C23H48O7. The summed E-state index contributed by atoms with van der Waals surface area (Å²) in [5.41, 5.74) is 0. The van der Waals surface area contributed by atoms with Gasteiger partial charge in [-0.3, -0.25) is 0 Å². The van der Waals surface area contributed by atoms with Gasteiger partial charge in [-0.15, -0.1) is 6.58 Å². The van der Waals surface area contributed by atoms with Gasteiger partial charge in [0.05, 0.1) is 79.3 Å². The lowest BCUT2D eigenvalue weighted by molar-refractivity contribution is -0.0151. The molecule has 0 rings (SSSR count). The highest BCUT2D eigenvalue weighted by Crippen LogP contribution is 2.08. The molecule has 182 valence electrons. The number of allylic oxidation sites excluding steroid dienone is 1. The van der Waals surface area contributed by atoms with E-state index in [9.17, 15) is 0 Å². The Labute approximate surface area is 184 Å². The summed E-state index contributed by atoms with van der Waals surface area (Å²) in [6.45, 7) is 10.8. The van der Waals surface area contributed by atoms with Gasteiger partial charge in [-0.2, -0.15) is 0 Å². The predicted molar refractivity (Wildman–Crippen MR) is 121 cm³/mol. The van der Waals surface area contributed by atoms with Crippen LogP contribution in [-0.4, -0.2) is 89.5 Å². The van der Waals surface area contributed by atoms with E-state index in [0.717, 1.165) is 0 Å². The zero-order valence-corrected chi connectivity index (χ0v) is 19.4. The minimum atomic E-state index is 0.0359. The molecule has 2 N–H and O–H groups in total. The molecule has 0 amide bonds. The van der Waals surface area contributed by atoms with E-state index in [-0.39, 0.29) is 13.2 Å². The van der Waals surface area contributed by atoms with Crippen molar-refractivity contribution in [3.05, 3.63) is 12.7 Å². The third-order valence-electron chi connectivity index (χ3n) is 3.97. The van der Waals surface area contributed by atoms with Crippen molar-refractivity contribution in [2.75, 3.05) is 79.3 Å². The van der Waals surface area contributed by atoms with E-state index in [0.29, 0.717) is 66.1 Å². The molecule has 0 aromatic rings. The largest absolute Gasteiger partial charge is 0.394 e. The minimum absolute atomic E-state index is 0.0359. The summed E-state index contributed by atoms with van der Waals surface area (Å²) < 4.78 is 25.8. The first-order valence-corrected chi connectivity index (χ1v) is 11.5. The second-order valence-electron chi connectivity index (χ2n) is 6.71. The molecule has 0 spiro atoms. The van der Waals surface area contributed by atoms with Crippen molar-refractivity contribution in [1.82, 2.24) is 0 Å². The summed E-state index contributed by atoms with van der Waals surface area (Å²) in [6.07, 6.45) is 13.0. The lowest BCUT2D eigenvalue weighted by atomic mass is 10.1. The topological polar surface area (TPSA) is 86.6 Å². The molecule has 0 heterocycles. The van der Waals surface area contributed by atoms with Crippen LogP contribution >= 0.6 is 0 Å². The number of unbranched alkanes of at least 4 members (excludes halogenated alkanes) is 7. The first kappa shape index (κ1) is 31.6. The van der Waals surface area contributed by atoms with E-state index in [1.165, 1.54) is 51.4 Å². The van der Waals surface area contributed by atoms with Gasteiger partial charge in [0.15, 0.2) is 0 Å². The average Bonchev–Trinajstić information content (AvgIpc) is 2.76. The first-order chi connectivity index (χ1) is 14.8. The fourth-order valence-corrected chi connectivity index (χ4v) is 2.36. The normalized spacial score (nSPS) is 10.6. The van der Waals surface area contributed by atoms with E-state index >= 15 is 0 Å². The van der Waals surface area contributed by atoms with Crippen LogP contribution in [0.15, 0.2) is 12.7 Å². The van der Waals surface area contributed by atoms with Gasteiger partial charge in [0.25, 0.3) is 0 Å². The van der Waals surface area contributed by atoms with Crippen LogP contribution in [0.2, 0.25) is 0 Å². The molecule has 7 nitrogen and oxygen atoms in total. The Morgan fingerprint density at radius 2 is 0.867 bits per heavy atom.